The van der Waals surface area contributed by atoms with Crippen LogP contribution in [0, 0.1) is 6.92 Å². The van der Waals surface area contributed by atoms with Crippen molar-refractivity contribution in [2.45, 2.75) is 6.92 Å². The van der Waals surface area contributed by atoms with Crippen molar-refractivity contribution in [3.63, 3.8) is 0 Å². The number of nitrogens with zero attached hydrogens (tertiary/aromatic N) is 4. The average molecular weight is 411 g/mol. The molecule has 0 bridgehead atoms. The second-order valence-electron chi connectivity index (χ2n) is 7.90. The minimum Gasteiger partial charge on any atom is -0.495 e. The molecule has 1 saturated heterocycles. The highest BCUT2D eigenvalue weighted by Crippen LogP contribution is 2.31. The van der Waals surface area contributed by atoms with Gasteiger partial charge in [0.15, 0.2) is 0 Å². The standard InChI is InChI=1S/C26H26N4O/c1-19-12-13-22-21(18-19)25(20-8-4-3-5-9-20)28-26(27-22)30-16-14-29(15-17-30)23-10-6-7-11-24(23)31-2/h3-13,18H,14-17H2,1-2H3. The molecule has 1 fully saturated rings. The van der Waals surface area contributed by atoms with Gasteiger partial charge in [0.05, 0.1) is 24.0 Å². The Hall–Kier alpha value is -3.60. The van der Waals surface area contributed by atoms with Gasteiger partial charge in [0, 0.05) is 37.1 Å². The van der Waals surface area contributed by atoms with E-state index in [0.29, 0.717) is 0 Å². The van der Waals surface area contributed by atoms with Gasteiger partial charge in [0.2, 0.25) is 5.95 Å². The first-order valence-corrected chi connectivity index (χ1v) is 10.7. The van der Waals surface area contributed by atoms with Crippen LogP contribution < -0.4 is 14.5 Å². The number of ether oxygens (including phenoxy) is 1. The van der Waals surface area contributed by atoms with Gasteiger partial charge in [-0.05, 0) is 31.2 Å². The first-order valence-electron chi connectivity index (χ1n) is 10.7. The van der Waals surface area contributed by atoms with Gasteiger partial charge in [0.1, 0.15) is 5.75 Å². The maximum Gasteiger partial charge on any atom is 0.226 e. The number of hydrogen-bond donors (Lipinski definition) is 0. The Labute approximate surface area is 182 Å². The molecule has 0 radical (unpaired) electrons. The van der Waals surface area contributed by atoms with E-state index in [1.807, 2.05) is 18.2 Å². The Morgan fingerprint density at radius 2 is 1.48 bits per heavy atom. The van der Waals surface area contributed by atoms with E-state index in [-0.39, 0.29) is 0 Å². The molecule has 0 unspecified atom stereocenters. The summed E-state index contributed by atoms with van der Waals surface area (Å²) in [7, 11) is 1.73. The fourth-order valence-electron chi connectivity index (χ4n) is 4.23. The highest BCUT2D eigenvalue weighted by atomic mass is 16.5. The lowest BCUT2D eigenvalue weighted by atomic mass is 10.0. The third kappa shape index (κ3) is 3.79. The van der Waals surface area contributed by atoms with E-state index in [4.69, 9.17) is 14.7 Å². The second kappa shape index (κ2) is 8.26. The summed E-state index contributed by atoms with van der Waals surface area (Å²) < 4.78 is 5.55. The molecule has 0 N–H and O–H groups in total. The first-order chi connectivity index (χ1) is 15.2. The predicted molar refractivity (Wildman–Crippen MR) is 127 cm³/mol. The van der Waals surface area contributed by atoms with Crippen LogP contribution in [-0.2, 0) is 0 Å². The molecule has 1 aliphatic rings. The van der Waals surface area contributed by atoms with Gasteiger partial charge in [-0.2, -0.15) is 0 Å². The van der Waals surface area contributed by atoms with Crippen molar-refractivity contribution in [2.24, 2.45) is 0 Å². The molecule has 0 saturated carbocycles. The Morgan fingerprint density at radius 3 is 2.26 bits per heavy atom. The van der Waals surface area contributed by atoms with Gasteiger partial charge in [-0.1, -0.05) is 54.1 Å². The third-order valence-electron chi connectivity index (χ3n) is 5.88. The van der Waals surface area contributed by atoms with Gasteiger partial charge in [-0.25, -0.2) is 9.97 Å². The van der Waals surface area contributed by atoms with Gasteiger partial charge >= 0.3 is 0 Å². The molecule has 1 aliphatic heterocycles. The van der Waals surface area contributed by atoms with Crippen molar-refractivity contribution < 1.29 is 4.74 Å². The van der Waals surface area contributed by atoms with Crippen molar-refractivity contribution >= 4 is 22.5 Å². The molecule has 0 atom stereocenters. The molecule has 2 heterocycles. The van der Waals surface area contributed by atoms with Gasteiger partial charge in [-0.15, -0.1) is 0 Å². The summed E-state index contributed by atoms with van der Waals surface area (Å²) in [5.41, 5.74) is 5.46. The number of rotatable bonds is 4. The number of benzene rings is 3. The van der Waals surface area contributed by atoms with Crippen LogP contribution in [0.2, 0.25) is 0 Å². The Kier molecular flexibility index (Phi) is 5.16. The Morgan fingerprint density at radius 1 is 0.774 bits per heavy atom. The van der Waals surface area contributed by atoms with Crippen molar-refractivity contribution in [1.82, 2.24) is 9.97 Å². The largest absolute Gasteiger partial charge is 0.495 e. The molecule has 5 rings (SSSR count). The Balaban J connectivity index is 1.47. The number of hydrogen-bond acceptors (Lipinski definition) is 5. The molecule has 5 heteroatoms. The lowest BCUT2D eigenvalue weighted by Crippen LogP contribution is -2.47. The maximum atomic E-state index is 5.55. The monoisotopic (exact) mass is 410 g/mol. The van der Waals surface area contributed by atoms with E-state index in [0.717, 1.165) is 65.7 Å². The number of anilines is 2. The fourth-order valence-corrected chi connectivity index (χ4v) is 4.23. The summed E-state index contributed by atoms with van der Waals surface area (Å²) >= 11 is 0. The zero-order chi connectivity index (χ0) is 21.2. The van der Waals surface area contributed by atoms with Crippen LogP contribution in [-0.4, -0.2) is 43.3 Å². The number of methoxy groups -OCH3 is 1. The molecule has 3 aromatic carbocycles. The van der Waals surface area contributed by atoms with E-state index >= 15 is 0 Å². The minimum absolute atomic E-state index is 0.801. The quantitative estimate of drug-likeness (QED) is 0.477. The smallest absolute Gasteiger partial charge is 0.226 e. The number of fused-ring (bicyclic) bond motifs is 1. The third-order valence-corrected chi connectivity index (χ3v) is 5.88. The molecular weight excluding hydrogens is 384 g/mol. The second-order valence-corrected chi connectivity index (χ2v) is 7.90. The van der Waals surface area contributed by atoms with Gasteiger partial charge < -0.3 is 14.5 Å². The predicted octanol–water partition coefficient (Wildman–Crippen LogP) is 4.94. The van der Waals surface area contributed by atoms with Crippen LogP contribution in [0.25, 0.3) is 22.2 Å². The first kappa shape index (κ1) is 19.4. The maximum absolute atomic E-state index is 5.55. The lowest BCUT2D eigenvalue weighted by Gasteiger charge is -2.36. The number of aromatic nitrogens is 2. The van der Waals surface area contributed by atoms with Crippen LogP contribution in [0.4, 0.5) is 11.6 Å². The average Bonchev–Trinajstić information content (AvgIpc) is 2.84. The van der Waals surface area contributed by atoms with E-state index in [1.165, 1.54) is 5.56 Å². The highest BCUT2D eigenvalue weighted by Gasteiger charge is 2.22. The molecule has 5 nitrogen and oxygen atoms in total. The summed E-state index contributed by atoms with van der Waals surface area (Å²) in [4.78, 5) is 14.6. The van der Waals surface area contributed by atoms with Crippen LogP contribution in [0.1, 0.15) is 5.56 Å². The van der Waals surface area contributed by atoms with Gasteiger partial charge in [-0.3, -0.25) is 0 Å². The minimum atomic E-state index is 0.801. The molecular formula is C26H26N4O. The lowest BCUT2D eigenvalue weighted by molar-refractivity contribution is 0.413. The molecule has 156 valence electrons. The van der Waals surface area contributed by atoms with Crippen molar-refractivity contribution in [2.75, 3.05) is 43.1 Å². The normalized spacial score (nSPS) is 14.1. The topological polar surface area (TPSA) is 41.5 Å². The molecule has 4 aromatic rings. The molecule has 0 amide bonds. The van der Waals surface area contributed by atoms with Crippen molar-refractivity contribution in [3.8, 4) is 17.0 Å². The summed E-state index contributed by atoms with van der Waals surface area (Å²) in [5, 5.41) is 1.10. The molecule has 1 aromatic heterocycles. The zero-order valence-corrected chi connectivity index (χ0v) is 18.0. The van der Waals surface area contributed by atoms with Crippen LogP contribution in [0.5, 0.6) is 5.75 Å². The SMILES string of the molecule is COc1ccccc1N1CCN(c2nc(-c3ccccc3)c3cc(C)ccc3n2)CC1. The number of piperazine rings is 1. The molecule has 0 aliphatic carbocycles. The summed E-state index contributed by atoms with van der Waals surface area (Å²) in [5.74, 6) is 1.72. The molecule has 31 heavy (non-hydrogen) atoms. The number of aryl methyl sites for hydroxylation is 1. The van der Waals surface area contributed by atoms with E-state index in [9.17, 15) is 0 Å². The highest BCUT2D eigenvalue weighted by molar-refractivity contribution is 5.93. The summed E-state index contributed by atoms with van der Waals surface area (Å²) in [6.07, 6.45) is 0. The van der Waals surface area contributed by atoms with Crippen molar-refractivity contribution in [3.05, 3.63) is 78.4 Å². The van der Waals surface area contributed by atoms with E-state index in [1.54, 1.807) is 7.11 Å². The van der Waals surface area contributed by atoms with Crippen molar-refractivity contribution in [1.29, 1.82) is 0 Å². The van der Waals surface area contributed by atoms with E-state index in [2.05, 4.69) is 71.3 Å². The molecule has 0 spiro atoms. The summed E-state index contributed by atoms with van der Waals surface area (Å²) in [6, 6.07) is 25.0. The van der Waals surface area contributed by atoms with Gasteiger partial charge in [0.25, 0.3) is 0 Å². The summed E-state index contributed by atoms with van der Waals surface area (Å²) in [6.45, 7) is 5.64. The van der Waals surface area contributed by atoms with Crippen LogP contribution in [0.15, 0.2) is 72.8 Å². The Bertz CT molecular complexity index is 1200. The fraction of sp³-hybridized carbons (Fsp3) is 0.231. The van der Waals surface area contributed by atoms with E-state index < -0.39 is 0 Å². The van der Waals surface area contributed by atoms with Crippen LogP contribution >= 0.6 is 0 Å². The zero-order valence-electron chi connectivity index (χ0n) is 18.0. The van der Waals surface area contributed by atoms with Crippen LogP contribution in [0.3, 0.4) is 0 Å². The number of para-hydroxylation sites is 2.